The molecular formula is C17H18O4. The van der Waals surface area contributed by atoms with Gasteiger partial charge in [0.15, 0.2) is 0 Å². The van der Waals surface area contributed by atoms with Crippen molar-refractivity contribution in [1.82, 2.24) is 0 Å². The van der Waals surface area contributed by atoms with Crippen LogP contribution in [0.3, 0.4) is 0 Å². The molecule has 2 N–H and O–H groups in total. The highest BCUT2D eigenvalue weighted by Crippen LogP contribution is 2.24. The Hall–Kier alpha value is -2.36. The van der Waals surface area contributed by atoms with Crippen LogP contribution in [-0.4, -0.2) is 22.2 Å². The minimum Gasteiger partial charge on any atom is -0.481 e. The molecule has 4 heteroatoms. The van der Waals surface area contributed by atoms with Crippen LogP contribution >= 0.6 is 0 Å². The third-order valence-corrected chi connectivity index (χ3v) is 3.53. The van der Waals surface area contributed by atoms with E-state index in [2.05, 4.69) is 0 Å². The lowest BCUT2D eigenvalue weighted by Gasteiger charge is -2.10. The summed E-state index contributed by atoms with van der Waals surface area (Å²) < 4.78 is 0. The number of hydrogen-bond acceptors (Lipinski definition) is 2. The molecule has 2 rings (SSSR count). The molecule has 0 heterocycles. The molecule has 2 aromatic rings. The standard InChI is InChI=1S/C17H18O4/c18-16(19)8-4-1-5-12-9-10-13(11-17(20)21)15-7-3-2-6-14(12)15/h2-3,6-7,9-10H,1,4-5,8,11H2,(H,18,19)(H,20,21). The smallest absolute Gasteiger partial charge is 0.307 e. The lowest BCUT2D eigenvalue weighted by atomic mass is 9.95. The molecule has 2 aromatic carbocycles. The van der Waals surface area contributed by atoms with Crippen LogP contribution in [0.2, 0.25) is 0 Å². The molecule has 0 aromatic heterocycles. The molecule has 0 spiro atoms. The number of carboxylic acids is 2. The lowest BCUT2D eigenvalue weighted by molar-refractivity contribution is -0.137. The number of hydrogen-bond donors (Lipinski definition) is 2. The molecular weight excluding hydrogens is 268 g/mol. The summed E-state index contributed by atoms with van der Waals surface area (Å²) in [4.78, 5) is 21.4. The van der Waals surface area contributed by atoms with Crippen LogP contribution in [0.1, 0.15) is 30.4 Å². The largest absolute Gasteiger partial charge is 0.481 e. The Morgan fingerprint density at radius 3 is 2.05 bits per heavy atom. The maximum Gasteiger partial charge on any atom is 0.307 e. The fourth-order valence-electron chi connectivity index (χ4n) is 2.55. The summed E-state index contributed by atoms with van der Waals surface area (Å²) in [6, 6.07) is 11.6. The van der Waals surface area contributed by atoms with Gasteiger partial charge in [0.05, 0.1) is 6.42 Å². The highest BCUT2D eigenvalue weighted by Gasteiger charge is 2.08. The first-order chi connectivity index (χ1) is 10.1. The molecule has 0 saturated carbocycles. The fraction of sp³-hybridized carbons (Fsp3) is 0.294. The summed E-state index contributed by atoms with van der Waals surface area (Å²) >= 11 is 0. The zero-order chi connectivity index (χ0) is 15.2. The maximum absolute atomic E-state index is 10.9. The van der Waals surface area contributed by atoms with Crippen molar-refractivity contribution in [3.8, 4) is 0 Å². The van der Waals surface area contributed by atoms with Gasteiger partial charge in [0.1, 0.15) is 0 Å². The summed E-state index contributed by atoms with van der Waals surface area (Å²) in [5, 5.41) is 19.6. The average molecular weight is 286 g/mol. The van der Waals surface area contributed by atoms with Crippen LogP contribution in [0.15, 0.2) is 36.4 Å². The number of benzene rings is 2. The Kier molecular flexibility index (Phi) is 4.93. The van der Waals surface area contributed by atoms with Crippen molar-refractivity contribution in [2.24, 2.45) is 0 Å². The Balaban J connectivity index is 2.21. The second-order valence-electron chi connectivity index (χ2n) is 5.10. The lowest BCUT2D eigenvalue weighted by Crippen LogP contribution is -2.02. The van der Waals surface area contributed by atoms with Crippen LogP contribution in [0.5, 0.6) is 0 Å². The average Bonchev–Trinajstić information content (AvgIpc) is 2.44. The minimum absolute atomic E-state index is 0.0137. The first kappa shape index (κ1) is 15.0. The first-order valence-corrected chi connectivity index (χ1v) is 7.01. The molecule has 0 radical (unpaired) electrons. The molecule has 0 aliphatic heterocycles. The van der Waals surface area contributed by atoms with Gasteiger partial charge in [-0.2, -0.15) is 0 Å². The molecule has 0 atom stereocenters. The van der Waals surface area contributed by atoms with Crippen molar-refractivity contribution in [3.05, 3.63) is 47.5 Å². The van der Waals surface area contributed by atoms with Gasteiger partial charge in [-0.3, -0.25) is 9.59 Å². The van der Waals surface area contributed by atoms with Gasteiger partial charge in [0.25, 0.3) is 0 Å². The number of aliphatic carboxylic acids is 2. The van der Waals surface area contributed by atoms with Crippen molar-refractivity contribution < 1.29 is 19.8 Å². The van der Waals surface area contributed by atoms with Crippen LogP contribution in [-0.2, 0) is 22.4 Å². The van der Waals surface area contributed by atoms with Gasteiger partial charge in [0.2, 0.25) is 0 Å². The summed E-state index contributed by atoms with van der Waals surface area (Å²) in [7, 11) is 0. The molecule has 0 aliphatic carbocycles. The van der Waals surface area contributed by atoms with E-state index in [1.165, 1.54) is 0 Å². The molecule has 110 valence electrons. The Morgan fingerprint density at radius 2 is 1.43 bits per heavy atom. The van der Waals surface area contributed by atoms with Gasteiger partial charge >= 0.3 is 11.9 Å². The van der Waals surface area contributed by atoms with E-state index < -0.39 is 11.9 Å². The van der Waals surface area contributed by atoms with Crippen molar-refractivity contribution in [2.45, 2.75) is 32.1 Å². The van der Waals surface area contributed by atoms with Gasteiger partial charge in [-0.1, -0.05) is 36.4 Å². The zero-order valence-electron chi connectivity index (χ0n) is 11.7. The summed E-state index contributed by atoms with van der Waals surface area (Å²) in [5.41, 5.74) is 1.96. The Bertz CT molecular complexity index is 661. The highest BCUT2D eigenvalue weighted by molar-refractivity contribution is 5.91. The van der Waals surface area contributed by atoms with Gasteiger partial charge in [-0.15, -0.1) is 0 Å². The number of fused-ring (bicyclic) bond motifs is 1. The quantitative estimate of drug-likeness (QED) is 0.766. The molecule has 0 unspecified atom stereocenters. The highest BCUT2D eigenvalue weighted by atomic mass is 16.4. The number of unbranched alkanes of at least 4 members (excludes halogenated alkanes) is 1. The van der Waals surface area contributed by atoms with E-state index in [9.17, 15) is 9.59 Å². The number of carbonyl (C=O) groups is 2. The third kappa shape index (κ3) is 4.05. The monoisotopic (exact) mass is 286 g/mol. The van der Waals surface area contributed by atoms with Crippen LogP contribution < -0.4 is 0 Å². The topological polar surface area (TPSA) is 74.6 Å². The maximum atomic E-state index is 10.9. The second kappa shape index (κ2) is 6.88. The van der Waals surface area contributed by atoms with Gasteiger partial charge < -0.3 is 10.2 Å². The Labute approximate surface area is 123 Å². The van der Waals surface area contributed by atoms with Crippen LogP contribution in [0.25, 0.3) is 10.8 Å². The zero-order valence-corrected chi connectivity index (χ0v) is 11.7. The van der Waals surface area contributed by atoms with E-state index >= 15 is 0 Å². The summed E-state index contributed by atoms with van der Waals surface area (Å²) in [6.07, 6.45) is 2.48. The van der Waals surface area contributed by atoms with E-state index in [1.54, 1.807) is 0 Å². The number of aryl methyl sites for hydroxylation is 1. The summed E-state index contributed by atoms with van der Waals surface area (Å²) in [5.74, 6) is -1.61. The van der Waals surface area contributed by atoms with E-state index in [0.717, 1.165) is 34.7 Å². The van der Waals surface area contributed by atoms with E-state index in [4.69, 9.17) is 10.2 Å². The molecule has 4 nitrogen and oxygen atoms in total. The Morgan fingerprint density at radius 1 is 0.810 bits per heavy atom. The first-order valence-electron chi connectivity index (χ1n) is 7.01. The SMILES string of the molecule is O=C(O)CCCCc1ccc(CC(=O)O)c2ccccc12. The van der Waals surface area contributed by atoms with Crippen molar-refractivity contribution >= 4 is 22.7 Å². The number of rotatable bonds is 7. The van der Waals surface area contributed by atoms with Crippen molar-refractivity contribution in [2.75, 3.05) is 0 Å². The van der Waals surface area contributed by atoms with Gasteiger partial charge in [-0.25, -0.2) is 0 Å². The van der Waals surface area contributed by atoms with Crippen LogP contribution in [0.4, 0.5) is 0 Å². The minimum atomic E-state index is -0.839. The van der Waals surface area contributed by atoms with E-state index in [-0.39, 0.29) is 12.8 Å². The predicted octanol–water partition coefficient (Wildman–Crippen LogP) is 3.26. The third-order valence-electron chi connectivity index (χ3n) is 3.53. The van der Waals surface area contributed by atoms with Gasteiger partial charge in [-0.05, 0) is 41.2 Å². The molecule has 0 bridgehead atoms. The van der Waals surface area contributed by atoms with E-state index in [1.807, 2.05) is 36.4 Å². The van der Waals surface area contributed by atoms with Crippen molar-refractivity contribution in [1.29, 1.82) is 0 Å². The fourth-order valence-corrected chi connectivity index (χ4v) is 2.55. The second-order valence-corrected chi connectivity index (χ2v) is 5.10. The number of carboxylic acid groups (broad SMARTS) is 2. The molecule has 0 amide bonds. The predicted molar refractivity (Wildman–Crippen MR) is 80.5 cm³/mol. The van der Waals surface area contributed by atoms with Gasteiger partial charge in [0, 0.05) is 6.42 Å². The van der Waals surface area contributed by atoms with Crippen LogP contribution in [0, 0.1) is 0 Å². The van der Waals surface area contributed by atoms with Crippen molar-refractivity contribution in [3.63, 3.8) is 0 Å². The molecule has 21 heavy (non-hydrogen) atoms. The molecule has 0 fully saturated rings. The normalized spacial score (nSPS) is 10.7. The van der Waals surface area contributed by atoms with E-state index in [0.29, 0.717) is 6.42 Å². The molecule has 0 aliphatic rings. The molecule has 0 saturated heterocycles. The summed E-state index contributed by atoms with van der Waals surface area (Å²) in [6.45, 7) is 0.